The Morgan fingerprint density at radius 1 is 0.346 bits per heavy atom. The summed E-state index contributed by atoms with van der Waals surface area (Å²) >= 11 is 0. The minimum absolute atomic E-state index is 0.266. The number of rotatable bonds is 3. The molecule has 0 aliphatic carbocycles. The molecule has 0 bridgehead atoms. The maximum atomic E-state index is 14.7. The molecule has 0 N–H and O–H groups in total. The van der Waals surface area contributed by atoms with Crippen LogP contribution in [0.2, 0.25) is 0 Å². The van der Waals surface area contributed by atoms with Crippen molar-refractivity contribution in [2.75, 3.05) is 0 Å². The lowest BCUT2D eigenvalue weighted by molar-refractivity contribution is 0.514. The highest BCUT2D eigenvalue weighted by molar-refractivity contribution is 5.74. The highest BCUT2D eigenvalue weighted by Crippen LogP contribution is 2.32. The van der Waals surface area contributed by atoms with Gasteiger partial charge in [0.25, 0.3) is 0 Å². The van der Waals surface area contributed by atoms with Crippen molar-refractivity contribution in [3.63, 3.8) is 0 Å². The number of benzene rings is 4. The third-order valence-corrected chi connectivity index (χ3v) is 4.47. The third kappa shape index (κ3) is 3.02. The molecule has 4 aromatic rings. The molecule has 0 radical (unpaired) electrons. The molecule has 0 nitrogen and oxygen atoms in total. The van der Waals surface area contributed by atoms with Crippen LogP contribution >= 0.6 is 0 Å². The van der Waals surface area contributed by atoms with Gasteiger partial charge in [-0.25, -0.2) is 8.78 Å². The summed E-state index contributed by atoms with van der Waals surface area (Å²) in [7, 11) is 0. The van der Waals surface area contributed by atoms with Gasteiger partial charge in [0.1, 0.15) is 0 Å². The van der Waals surface area contributed by atoms with Crippen LogP contribution in [-0.2, 0) is 0 Å². The van der Waals surface area contributed by atoms with Crippen molar-refractivity contribution in [1.29, 1.82) is 0 Å². The maximum Gasteiger partial charge on any atom is 0.167 e. The van der Waals surface area contributed by atoms with Gasteiger partial charge in [0.2, 0.25) is 0 Å². The fraction of sp³-hybridized carbons (Fsp3) is 0. The lowest BCUT2D eigenvalue weighted by atomic mass is 9.97. The van der Waals surface area contributed by atoms with E-state index < -0.39 is 11.6 Å². The van der Waals surface area contributed by atoms with Gasteiger partial charge in [0, 0.05) is 11.1 Å². The Balaban J connectivity index is 1.71. The van der Waals surface area contributed by atoms with E-state index >= 15 is 0 Å². The highest BCUT2D eigenvalue weighted by atomic mass is 19.2. The Kier molecular flexibility index (Phi) is 4.32. The highest BCUT2D eigenvalue weighted by Gasteiger charge is 2.15. The predicted octanol–water partition coefficient (Wildman–Crippen LogP) is 6.97. The molecule has 126 valence electrons. The largest absolute Gasteiger partial charge is 0.203 e. The molecule has 4 rings (SSSR count). The maximum absolute atomic E-state index is 14.7. The van der Waals surface area contributed by atoms with Gasteiger partial charge in [0.15, 0.2) is 11.6 Å². The Bertz CT molecular complexity index is 1020. The molecule has 2 heteroatoms. The van der Waals surface area contributed by atoms with E-state index in [-0.39, 0.29) is 11.1 Å². The summed E-state index contributed by atoms with van der Waals surface area (Å²) in [4.78, 5) is 0. The zero-order chi connectivity index (χ0) is 17.9. The lowest BCUT2D eigenvalue weighted by Crippen LogP contribution is -1.94. The summed E-state index contributed by atoms with van der Waals surface area (Å²) in [6.45, 7) is 0. The molecule has 0 unspecified atom stereocenters. The van der Waals surface area contributed by atoms with Gasteiger partial charge in [0.05, 0.1) is 0 Å². The average molecular weight is 342 g/mol. The first kappa shape index (κ1) is 16.2. The zero-order valence-electron chi connectivity index (χ0n) is 14.0. The Hall–Kier alpha value is -3.26. The normalized spacial score (nSPS) is 10.7. The smallest absolute Gasteiger partial charge is 0.167 e. The summed E-state index contributed by atoms with van der Waals surface area (Å²) in [5.74, 6) is -1.64. The van der Waals surface area contributed by atoms with E-state index in [0.29, 0.717) is 11.1 Å². The van der Waals surface area contributed by atoms with Crippen LogP contribution in [0.15, 0.2) is 97.1 Å². The minimum Gasteiger partial charge on any atom is -0.203 e. The Labute approximate surface area is 151 Å². The minimum atomic E-state index is -0.821. The van der Waals surface area contributed by atoms with Crippen molar-refractivity contribution < 1.29 is 8.78 Å². The summed E-state index contributed by atoms with van der Waals surface area (Å²) < 4.78 is 29.3. The molecule has 0 saturated heterocycles. The molecule has 0 spiro atoms. The van der Waals surface area contributed by atoms with Crippen LogP contribution in [0.4, 0.5) is 8.78 Å². The van der Waals surface area contributed by atoms with Crippen LogP contribution in [0, 0.1) is 11.6 Å². The summed E-state index contributed by atoms with van der Waals surface area (Å²) in [6.07, 6.45) is 0. The molecular formula is C24H16F2. The van der Waals surface area contributed by atoms with Crippen LogP contribution in [0.25, 0.3) is 33.4 Å². The van der Waals surface area contributed by atoms with Crippen LogP contribution in [-0.4, -0.2) is 0 Å². The van der Waals surface area contributed by atoms with E-state index in [1.807, 2.05) is 72.8 Å². The second-order valence-electron chi connectivity index (χ2n) is 6.10. The molecule has 0 aliphatic heterocycles. The van der Waals surface area contributed by atoms with Crippen LogP contribution < -0.4 is 0 Å². The van der Waals surface area contributed by atoms with E-state index in [4.69, 9.17) is 0 Å². The number of hydrogen-bond acceptors (Lipinski definition) is 0. The second kappa shape index (κ2) is 6.93. The van der Waals surface area contributed by atoms with Crippen molar-refractivity contribution >= 4 is 0 Å². The molecule has 0 amide bonds. The van der Waals surface area contributed by atoms with Gasteiger partial charge in [-0.3, -0.25) is 0 Å². The quantitative estimate of drug-likeness (QED) is 0.377. The van der Waals surface area contributed by atoms with Crippen LogP contribution in [0.5, 0.6) is 0 Å². The van der Waals surface area contributed by atoms with Crippen LogP contribution in [0.3, 0.4) is 0 Å². The van der Waals surface area contributed by atoms with Gasteiger partial charge < -0.3 is 0 Å². The molecule has 26 heavy (non-hydrogen) atoms. The molecule has 4 aromatic carbocycles. The first-order valence-corrected chi connectivity index (χ1v) is 8.43. The molecular weight excluding hydrogens is 326 g/mol. The fourth-order valence-electron chi connectivity index (χ4n) is 3.09. The SMILES string of the molecule is Fc1c(-c2ccccc2)ccc(-c2ccc(-c3ccccc3)cc2)c1F. The van der Waals surface area contributed by atoms with Crippen molar-refractivity contribution in [2.45, 2.75) is 0 Å². The molecule has 0 atom stereocenters. The predicted molar refractivity (Wildman–Crippen MR) is 103 cm³/mol. The van der Waals surface area contributed by atoms with E-state index in [1.54, 1.807) is 24.3 Å². The zero-order valence-corrected chi connectivity index (χ0v) is 14.0. The molecule has 0 saturated carbocycles. The Morgan fingerprint density at radius 3 is 1.19 bits per heavy atom. The number of hydrogen-bond donors (Lipinski definition) is 0. The van der Waals surface area contributed by atoms with Gasteiger partial charge in [-0.1, -0.05) is 97.1 Å². The topological polar surface area (TPSA) is 0 Å². The molecule has 0 aromatic heterocycles. The summed E-state index contributed by atoms with van der Waals surface area (Å²) in [5.41, 5.74) is 3.98. The van der Waals surface area contributed by atoms with E-state index in [1.165, 1.54) is 0 Å². The standard InChI is InChI=1S/C24H16F2/c25-23-21(19-9-5-2-6-10-19)15-16-22(24(23)26)20-13-11-18(12-14-20)17-7-3-1-4-8-17/h1-16H. The van der Waals surface area contributed by atoms with Crippen LogP contribution in [0.1, 0.15) is 0 Å². The van der Waals surface area contributed by atoms with Crippen molar-refractivity contribution in [1.82, 2.24) is 0 Å². The molecule has 0 fully saturated rings. The second-order valence-corrected chi connectivity index (χ2v) is 6.10. The van der Waals surface area contributed by atoms with Crippen molar-refractivity contribution in [3.8, 4) is 33.4 Å². The van der Waals surface area contributed by atoms with Gasteiger partial charge in [-0.2, -0.15) is 0 Å². The molecule has 0 heterocycles. The third-order valence-electron chi connectivity index (χ3n) is 4.47. The first-order valence-electron chi connectivity index (χ1n) is 8.43. The average Bonchev–Trinajstić information content (AvgIpc) is 2.71. The molecule has 0 aliphatic rings. The van der Waals surface area contributed by atoms with Crippen molar-refractivity contribution in [3.05, 3.63) is 109 Å². The fourth-order valence-corrected chi connectivity index (χ4v) is 3.09. The lowest BCUT2D eigenvalue weighted by Gasteiger charge is -2.10. The van der Waals surface area contributed by atoms with Gasteiger partial charge in [-0.05, 0) is 22.3 Å². The number of halogens is 2. The first-order chi connectivity index (χ1) is 12.7. The van der Waals surface area contributed by atoms with Crippen molar-refractivity contribution in [2.24, 2.45) is 0 Å². The summed E-state index contributed by atoms with van der Waals surface area (Å²) in [5, 5.41) is 0. The van der Waals surface area contributed by atoms with E-state index in [9.17, 15) is 8.78 Å². The van der Waals surface area contributed by atoms with Gasteiger partial charge in [-0.15, -0.1) is 0 Å². The summed E-state index contributed by atoms with van der Waals surface area (Å²) in [6, 6.07) is 29.7. The Morgan fingerprint density at radius 2 is 0.692 bits per heavy atom. The van der Waals surface area contributed by atoms with E-state index in [0.717, 1.165) is 11.1 Å². The van der Waals surface area contributed by atoms with E-state index in [2.05, 4.69) is 0 Å². The van der Waals surface area contributed by atoms with Gasteiger partial charge >= 0.3 is 0 Å². The monoisotopic (exact) mass is 342 g/mol.